The van der Waals surface area contributed by atoms with Crippen molar-refractivity contribution in [2.24, 2.45) is 11.8 Å². The molecule has 0 aromatic heterocycles. The van der Waals surface area contributed by atoms with Gasteiger partial charge in [-0.2, -0.15) is 0 Å². The minimum absolute atomic E-state index is 0.135. The lowest BCUT2D eigenvalue weighted by molar-refractivity contribution is -0.120. The van der Waals surface area contributed by atoms with Gasteiger partial charge in [-0.25, -0.2) is 0 Å². The fourth-order valence-corrected chi connectivity index (χ4v) is 2.44. The van der Waals surface area contributed by atoms with Crippen molar-refractivity contribution in [2.75, 3.05) is 13.1 Å². The van der Waals surface area contributed by atoms with Crippen LogP contribution >= 0.6 is 0 Å². The molecule has 1 aliphatic carbocycles. The molecule has 0 heterocycles. The minimum Gasteiger partial charge on any atom is -0.355 e. The van der Waals surface area contributed by atoms with Crippen molar-refractivity contribution < 1.29 is 4.79 Å². The average Bonchev–Trinajstić information content (AvgIpc) is 2.78. The second-order valence-electron chi connectivity index (χ2n) is 5.75. The highest BCUT2D eigenvalue weighted by atomic mass is 16.1. The molecule has 0 aromatic carbocycles. The molecule has 0 spiro atoms. The SMILES string of the molecule is CC(C)CCNC(=O)CNC(C)C1CCCC1. The van der Waals surface area contributed by atoms with Crippen LogP contribution in [0, 0.1) is 11.8 Å². The van der Waals surface area contributed by atoms with E-state index in [-0.39, 0.29) is 5.91 Å². The third-order valence-corrected chi connectivity index (χ3v) is 3.74. The van der Waals surface area contributed by atoms with Crippen LogP contribution < -0.4 is 10.6 Å². The first-order chi connectivity index (χ1) is 8.09. The zero-order valence-electron chi connectivity index (χ0n) is 11.6. The summed E-state index contributed by atoms with van der Waals surface area (Å²) in [6.07, 6.45) is 6.42. The number of carbonyl (C=O) groups excluding carboxylic acids is 1. The summed E-state index contributed by atoms with van der Waals surface area (Å²) in [5.74, 6) is 1.56. The lowest BCUT2D eigenvalue weighted by atomic mass is 10.00. The summed E-state index contributed by atoms with van der Waals surface area (Å²) in [6, 6.07) is 0.480. The molecule has 17 heavy (non-hydrogen) atoms. The molecule has 0 radical (unpaired) electrons. The second kappa shape index (κ2) is 7.70. The molecular formula is C14H28N2O. The van der Waals surface area contributed by atoms with Crippen molar-refractivity contribution in [2.45, 2.75) is 58.9 Å². The first kappa shape index (κ1) is 14.5. The zero-order chi connectivity index (χ0) is 12.7. The smallest absolute Gasteiger partial charge is 0.233 e. The summed E-state index contributed by atoms with van der Waals surface area (Å²) in [4.78, 5) is 11.6. The highest BCUT2D eigenvalue weighted by Gasteiger charge is 2.21. The zero-order valence-corrected chi connectivity index (χ0v) is 11.6. The maximum atomic E-state index is 11.6. The van der Waals surface area contributed by atoms with E-state index < -0.39 is 0 Å². The van der Waals surface area contributed by atoms with Gasteiger partial charge in [-0.1, -0.05) is 26.7 Å². The molecule has 1 saturated carbocycles. The van der Waals surface area contributed by atoms with Gasteiger partial charge in [-0.15, -0.1) is 0 Å². The summed E-state index contributed by atoms with van der Waals surface area (Å²) in [5.41, 5.74) is 0. The van der Waals surface area contributed by atoms with Crippen LogP contribution in [0.1, 0.15) is 52.9 Å². The van der Waals surface area contributed by atoms with Crippen molar-refractivity contribution in [1.29, 1.82) is 0 Å². The molecule has 0 aromatic rings. The lowest BCUT2D eigenvalue weighted by Crippen LogP contribution is -2.41. The average molecular weight is 240 g/mol. The van der Waals surface area contributed by atoms with Crippen LogP contribution in [0.4, 0.5) is 0 Å². The van der Waals surface area contributed by atoms with E-state index in [0.717, 1.165) is 18.9 Å². The van der Waals surface area contributed by atoms with Gasteiger partial charge in [0.15, 0.2) is 0 Å². The van der Waals surface area contributed by atoms with E-state index in [2.05, 4.69) is 31.4 Å². The van der Waals surface area contributed by atoms with Crippen LogP contribution in [-0.4, -0.2) is 25.0 Å². The predicted molar refractivity (Wildman–Crippen MR) is 71.9 cm³/mol. The van der Waals surface area contributed by atoms with Gasteiger partial charge in [0.05, 0.1) is 6.54 Å². The molecule has 100 valence electrons. The maximum absolute atomic E-state index is 11.6. The highest BCUT2D eigenvalue weighted by molar-refractivity contribution is 5.77. The number of nitrogens with one attached hydrogen (secondary N) is 2. The van der Waals surface area contributed by atoms with E-state index in [1.807, 2.05) is 0 Å². The Labute approximate surface area is 106 Å². The summed E-state index contributed by atoms with van der Waals surface area (Å²) in [6.45, 7) is 7.82. The van der Waals surface area contributed by atoms with Crippen molar-refractivity contribution in [3.8, 4) is 0 Å². The van der Waals surface area contributed by atoms with Gasteiger partial charge in [0, 0.05) is 12.6 Å². The van der Waals surface area contributed by atoms with E-state index in [9.17, 15) is 4.79 Å². The van der Waals surface area contributed by atoms with E-state index >= 15 is 0 Å². The Morgan fingerprint density at radius 3 is 2.47 bits per heavy atom. The number of amides is 1. The summed E-state index contributed by atoms with van der Waals surface area (Å²) in [7, 11) is 0. The molecule has 1 amide bonds. The number of rotatable bonds is 7. The molecule has 3 heteroatoms. The molecule has 1 aliphatic rings. The van der Waals surface area contributed by atoms with Crippen LogP contribution in [-0.2, 0) is 4.79 Å². The Morgan fingerprint density at radius 1 is 1.24 bits per heavy atom. The van der Waals surface area contributed by atoms with E-state index in [1.54, 1.807) is 0 Å². The fourth-order valence-electron chi connectivity index (χ4n) is 2.44. The van der Waals surface area contributed by atoms with Gasteiger partial charge >= 0.3 is 0 Å². The third kappa shape index (κ3) is 6.06. The normalized spacial score (nSPS) is 18.6. The van der Waals surface area contributed by atoms with Crippen molar-refractivity contribution in [1.82, 2.24) is 10.6 Å². The Kier molecular flexibility index (Phi) is 6.56. The topological polar surface area (TPSA) is 41.1 Å². The van der Waals surface area contributed by atoms with Gasteiger partial charge in [0.2, 0.25) is 5.91 Å². The largest absolute Gasteiger partial charge is 0.355 e. The quantitative estimate of drug-likeness (QED) is 0.717. The number of hydrogen-bond donors (Lipinski definition) is 2. The highest BCUT2D eigenvalue weighted by Crippen LogP contribution is 2.27. The Morgan fingerprint density at radius 2 is 1.88 bits per heavy atom. The van der Waals surface area contributed by atoms with Crippen molar-refractivity contribution >= 4 is 5.91 Å². The minimum atomic E-state index is 0.135. The second-order valence-corrected chi connectivity index (χ2v) is 5.75. The Balaban J connectivity index is 2.06. The van der Waals surface area contributed by atoms with Gasteiger partial charge < -0.3 is 10.6 Å². The lowest BCUT2D eigenvalue weighted by Gasteiger charge is -2.20. The monoisotopic (exact) mass is 240 g/mol. The van der Waals surface area contributed by atoms with Crippen LogP contribution in [0.15, 0.2) is 0 Å². The summed E-state index contributed by atoms with van der Waals surface area (Å²) in [5, 5.41) is 6.31. The first-order valence-electron chi connectivity index (χ1n) is 7.09. The van der Waals surface area contributed by atoms with Gasteiger partial charge in [-0.3, -0.25) is 4.79 Å². The Bertz CT molecular complexity index is 222. The maximum Gasteiger partial charge on any atom is 0.233 e. The molecule has 0 aliphatic heterocycles. The van der Waals surface area contributed by atoms with Crippen molar-refractivity contribution in [3.63, 3.8) is 0 Å². The molecule has 0 saturated heterocycles. The fraction of sp³-hybridized carbons (Fsp3) is 0.929. The van der Waals surface area contributed by atoms with Crippen molar-refractivity contribution in [3.05, 3.63) is 0 Å². The van der Waals surface area contributed by atoms with Crippen LogP contribution in [0.25, 0.3) is 0 Å². The van der Waals surface area contributed by atoms with Gasteiger partial charge in [0.1, 0.15) is 0 Å². The molecule has 3 nitrogen and oxygen atoms in total. The van der Waals surface area contributed by atoms with Crippen LogP contribution in [0.3, 0.4) is 0 Å². The molecule has 1 atom stereocenters. The molecule has 0 bridgehead atoms. The summed E-state index contributed by atoms with van der Waals surface area (Å²) >= 11 is 0. The molecule has 1 unspecified atom stereocenters. The van der Waals surface area contributed by atoms with Crippen LogP contribution in [0.5, 0.6) is 0 Å². The molecule has 1 fully saturated rings. The predicted octanol–water partition coefficient (Wildman–Crippen LogP) is 2.32. The summed E-state index contributed by atoms with van der Waals surface area (Å²) < 4.78 is 0. The Hall–Kier alpha value is -0.570. The standard InChI is InChI=1S/C14H28N2O/c1-11(2)8-9-15-14(17)10-16-12(3)13-6-4-5-7-13/h11-13,16H,4-10H2,1-3H3,(H,15,17). The first-order valence-corrected chi connectivity index (χ1v) is 7.09. The molecular weight excluding hydrogens is 212 g/mol. The van der Waals surface area contributed by atoms with E-state index in [4.69, 9.17) is 0 Å². The number of hydrogen-bond acceptors (Lipinski definition) is 2. The number of carbonyl (C=O) groups is 1. The third-order valence-electron chi connectivity index (χ3n) is 3.74. The van der Waals surface area contributed by atoms with Crippen LogP contribution in [0.2, 0.25) is 0 Å². The molecule has 1 rings (SSSR count). The molecule has 2 N–H and O–H groups in total. The van der Waals surface area contributed by atoms with E-state index in [0.29, 0.717) is 18.5 Å². The van der Waals surface area contributed by atoms with E-state index in [1.165, 1.54) is 25.7 Å². The van der Waals surface area contributed by atoms with Gasteiger partial charge in [-0.05, 0) is 38.0 Å². The van der Waals surface area contributed by atoms with Gasteiger partial charge in [0.25, 0.3) is 0 Å².